The fourth-order valence-corrected chi connectivity index (χ4v) is 2.48. The van der Waals surface area contributed by atoms with E-state index < -0.39 is 0 Å². The van der Waals surface area contributed by atoms with E-state index in [0.717, 1.165) is 22.3 Å². The van der Waals surface area contributed by atoms with Crippen LogP contribution in [-0.2, 0) is 0 Å². The second-order valence-corrected chi connectivity index (χ2v) is 5.21. The molecule has 5 heteroatoms. The first-order valence-corrected chi connectivity index (χ1v) is 6.80. The Morgan fingerprint density at radius 3 is 2.70 bits per heavy atom. The number of nitrogen functional groups attached to an aromatic ring is 1. The van der Waals surface area contributed by atoms with Gasteiger partial charge >= 0.3 is 0 Å². The van der Waals surface area contributed by atoms with E-state index in [1.165, 1.54) is 12.1 Å². The lowest BCUT2D eigenvalue weighted by molar-refractivity contribution is 0.627. The van der Waals surface area contributed by atoms with Gasteiger partial charge in [-0.25, -0.2) is 4.39 Å². The van der Waals surface area contributed by atoms with E-state index in [0.29, 0.717) is 10.2 Å². The zero-order valence-electron chi connectivity index (χ0n) is 10.4. The van der Waals surface area contributed by atoms with Crippen LogP contribution in [0.25, 0.3) is 10.9 Å². The molecule has 2 aromatic carbocycles. The fourth-order valence-electron chi connectivity index (χ4n) is 2.03. The lowest BCUT2D eigenvalue weighted by Crippen LogP contribution is -1.96. The first kappa shape index (κ1) is 12.9. The first-order valence-electron chi connectivity index (χ1n) is 6.00. The van der Waals surface area contributed by atoms with Gasteiger partial charge in [-0.15, -0.1) is 0 Å². The van der Waals surface area contributed by atoms with Crippen LogP contribution in [0.3, 0.4) is 0 Å². The number of pyridine rings is 1. The second-order valence-electron chi connectivity index (χ2n) is 4.35. The third kappa shape index (κ3) is 2.32. The maximum Gasteiger partial charge on any atom is 0.124 e. The van der Waals surface area contributed by atoms with Crippen molar-refractivity contribution in [3.8, 4) is 0 Å². The summed E-state index contributed by atoms with van der Waals surface area (Å²) in [5.74, 6) is -0.289. The molecule has 0 atom stereocenters. The Balaban J connectivity index is 2.09. The molecular formula is C15H11BrFN3. The molecule has 1 heterocycles. The van der Waals surface area contributed by atoms with Crippen molar-refractivity contribution < 1.29 is 4.39 Å². The Morgan fingerprint density at radius 1 is 1.10 bits per heavy atom. The van der Waals surface area contributed by atoms with Gasteiger partial charge in [-0.05, 0) is 58.4 Å². The van der Waals surface area contributed by atoms with Gasteiger partial charge in [0.25, 0.3) is 0 Å². The Labute approximate surface area is 123 Å². The summed E-state index contributed by atoms with van der Waals surface area (Å²) in [6.45, 7) is 0. The summed E-state index contributed by atoms with van der Waals surface area (Å²) in [4.78, 5) is 4.35. The van der Waals surface area contributed by atoms with Gasteiger partial charge in [-0.3, -0.25) is 4.98 Å². The number of aromatic nitrogens is 1. The fraction of sp³-hybridized carbons (Fsp3) is 0. The Hall–Kier alpha value is -2.14. The van der Waals surface area contributed by atoms with Crippen LogP contribution in [-0.4, -0.2) is 4.98 Å². The van der Waals surface area contributed by atoms with Crippen molar-refractivity contribution in [1.29, 1.82) is 0 Å². The van der Waals surface area contributed by atoms with Gasteiger partial charge in [-0.2, -0.15) is 0 Å². The SMILES string of the molecule is Nc1ccc(Nc2ccc(F)cc2Br)c2ncccc12. The summed E-state index contributed by atoms with van der Waals surface area (Å²) >= 11 is 3.34. The summed E-state index contributed by atoms with van der Waals surface area (Å²) in [6, 6.07) is 11.9. The highest BCUT2D eigenvalue weighted by molar-refractivity contribution is 9.10. The quantitative estimate of drug-likeness (QED) is 0.681. The smallest absolute Gasteiger partial charge is 0.124 e. The largest absolute Gasteiger partial charge is 0.398 e. The Kier molecular flexibility index (Phi) is 3.28. The molecular weight excluding hydrogens is 321 g/mol. The topological polar surface area (TPSA) is 50.9 Å². The van der Waals surface area contributed by atoms with Gasteiger partial charge in [0, 0.05) is 21.7 Å². The van der Waals surface area contributed by atoms with Crippen LogP contribution in [0.4, 0.5) is 21.5 Å². The molecule has 20 heavy (non-hydrogen) atoms. The normalized spacial score (nSPS) is 10.7. The number of anilines is 3. The van der Waals surface area contributed by atoms with Crippen molar-refractivity contribution in [3.05, 3.63) is 59.0 Å². The van der Waals surface area contributed by atoms with Crippen molar-refractivity contribution >= 4 is 43.9 Å². The highest BCUT2D eigenvalue weighted by atomic mass is 79.9. The third-order valence-electron chi connectivity index (χ3n) is 3.00. The van der Waals surface area contributed by atoms with E-state index in [1.54, 1.807) is 12.3 Å². The number of hydrogen-bond acceptors (Lipinski definition) is 3. The highest BCUT2D eigenvalue weighted by Crippen LogP contribution is 2.31. The molecule has 3 rings (SSSR count). The van der Waals surface area contributed by atoms with E-state index in [2.05, 4.69) is 26.2 Å². The molecule has 0 aliphatic rings. The molecule has 0 aliphatic carbocycles. The molecule has 0 fully saturated rings. The molecule has 3 N–H and O–H groups in total. The summed E-state index contributed by atoms with van der Waals surface area (Å²) in [5.41, 5.74) is 8.99. The van der Waals surface area contributed by atoms with Crippen LogP contribution in [0.15, 0.2) is 53.1 Å². The third-order valence-corrected chi connectivity index (χ3v) is 3.66. The van der Waals surface area contributed by atoms with Crippen molar-refractivity contribution in [2.45, 2.75) is 0 Å². The van der Waals surface area contributed by atoms with Crippen molar-refractivity contribution in [3.63, 3.8) is 0 Å². The number of nitrogens with zero attached hydrogens (tertiary/aromatic N) is 1. The number of rotatable bonds is 2. The maximum absolute atomic E-state index is 13.1. The molecule has 1 aromatic heterocycles. The van der Waals surface area contributed by atoms with Crippen LogP contribution >= 0.6 is 15.9 Å². The lowest BCUT2D eigenvalue weighted by Gasteiger charge is -2.12. The summed E-state index contributed by atoms with van der Waals surface area (Å²) in [7, 11) is 0. The zero-order valence-corrected chi connectivity index (χ0v) is 12.0. The predicted molar refractivity (Wildman–Crippen MR) is 83.5 cm³/mol. The number of nitrogens with two attached hydrogens (primary N) is 1. The van der Waals surface area contributed by atoms with Gasteiger partial charge in [0.2, 0.25) is 0 Å². The molecule has 0 spiro atoms. The van der Waals surface area contributed by atoms with Crippen molar-refractivity contribution in [2.75, 3.05) is 11.1 Å². The Bertz CT molecular complexity index is 789. The standard InChI is InChI=1S/C15H11BrFN3/c16-11-8-9(17)3-5-13(11)20-14-6-4-12(18)10-2-1-7-19-15(10)14/h1-8,20H,18H2. The minimum absolute atomic E-state index is 0.289. The van der Waals surface area contributed by atoms with Crippen LogP contribution < -0.4 is 11.1 Å². The minimum Gasteiger partial charge on any atom is -0.398 e. The molecule has 0 amide bonds. The average molecular weight is 332 g/mol. The molecule has 0 bridgehead atoms. The average Bonchev–Trinajstić information content (AvgIpc) is 2.45. The van der Waals surface area contributed by atoms with Crippen LogP contribution in [0.2, 0.25) is 0 Å². The van der Waals surface area contributed by atoms with Gasteiger partial charge in [0.1, 0.15) is 5.82 Å². The van der Waals surface area contributed by atoms with Crippen LogP contribution in [0.1, 0.15) is 0 Å². The molecule has 100 valence electrons. The second kappa shape index (κ2) is 5.09. The molecule has 0 unspecified atom stereocenters. The van der Waals surface area contributed by atoms with Crippen molar-refractivity contribution in [2.24, 2.45) is 0 Å². The first-order chi connectivity index (χ1) is 9.65. The number of hydrogen-bond donors (Lipinski definition) is 2. The van der Waals surface area contributed by atoms with E-state index >= 15 is 0 Å². The summed E-state index contributed by atoms with van der Waals surface area (Å²) in [6.07, 6.45) is 1.71. The van der Waals surface area contributed by atoms with Gasteiger partial charge in [-0.1, -0.05) is 0 Å². The summed E-state index contributed by atoms with van der Waals surface area (Å²) < 4.78 is 13.8. The van der Waals surface area contributed by atoms with Gasteiger partial charge < -0.3 is 11.1 Å². The van der Waals surface area contributed by atoms with Gasteiger partial charge in [0.05, 0.1) is 16.9 Å². The number of halogens is 2. The lowest BCUT2D eigenvalue weighted by atomic mass is 10.1. The molecule has 0 radical (unpaired) electrons. The maximum atomic E-state index is 13.1. The van der Waals surface area contributed by atoms with E-state index in [-0.39, 0.29) is 5.82 Å². The van der Waals surface area contributed by atoms with E-state index in [1.807, 2.05) is 24.3 Å². The number of nitrogens with one attached hydrogen (secondary N) is 1. The molecule has 3 nitrogen and oxygen atoms in total. The number of benzene rings is 2. The van der Waals surface area contributed by atoms with E-state index in [4.69, 9.17) is 5.73 Å². The Morgan fingerprint density at radius 2 is 1.90 bits per heavy atom. The molecule has 0 saturated carbocycles. The molecule has 0 aliphatic heterocycles. The van der Waals surface area contributed by atoms with Gasteiger partial charge in [0.15, 0.2) is 0 Å². The predicted octanol–water partition coefficient (Wildman–Crippen LogP) is 4.46. The monoisotopic (exact) mass is 331 g/mol. The van der Waals surface area contributed by atoms with Crippen LogP contribution in [0.5, 0.6) is 0 Å². The van der Waals surface area contributed by atoms with Crippen LogP contribution in [0, 0.1) is 5.82 Å². The molecule has 0 saturated heterocycles. The zero-order chi connectivity index (χ0) is 14.1. The highest BCUT2D eigenvalue weighted by Gasteiger charge is 2.07. The number of fused-ring (bicyclic) bond motifs is 1. The molecule has 3 aromatic rings. The van der Waals surface area contributed by atoms with E-state index in [9.17, 15) is 4.39 Å². The minimum atomic E-state index is -0.289. The summed E-state index contributed by atoms with van der Waals surface area (Å²) in [5, 5.41) is 4.12. The van der Waals surface area contributed by atoms with Crippen molar-refractivity contribution in [1.82, 2.24) is 4.98 Å².